The van der Waals surface area contributed by atoms with E-state index in [1.165, 1.54) is 6.26 Å². The molecule has 1 aromatic carbocycles. The first-order chi connectivity index (χ1) is 12.9. The molecule has 8 heteroatoms. The number of fused-ring (bicyclic) bond motifs is 1. The second-order valence-electron chi connectivity index (χ2n) is 7.44. The molecule has 0 bridgehead atoms. The van der Waals surface area contributed by atoms with Crippen molar-refractivity contribution in [3.8, 4) is 0 Å². The van der Waals surface area contributed by atoms with E-state index in [1.54, 1.807) is 0 Å². The maximum atomic E-state index is 12.7. The molecule has 1 amide bonds. The van der Waals surface area contributed by atoms with Crippen LogP contribution in [0.4, 0.5) is 5.82 Å². The standard InChI is InChI=1S/C19H24N4O3S/c1-27(25,26)22-14-8-10-23(11-9-14)18-12-16(19(24)20-13-6-7-13)15-4-2-3-5-17(15)21-18/h2-5,12-14,22H,6-11H2,1H3,(H,20,24). The van der Waals surface area contributed by atoms with Crippen molar-refractivity contribution in [2.24, 2.45) is 0 Å². The Labute approximate surface area is 159 Å². The number of nitrogens with one attached hydrogen (secondary N) is 2. The topological polar surface area (TPSA) is 91.4 Å². The van der Waals surface area contributed by atoms with Crippen LogP contribution in [0.25, 0.3) is 10.9 Å². The van der Waals surface area contributed by atoms with Crippen molar-refractivity contribution in [1.29, 1.82) is 0 Å². The van der Waals surface area contributed by atoms with Crippen molar-refractivity contribution in [3.63, 3.8) is 0 Å². The first-order valence-electron chi connectivity index (χ1n) is 9.32. The number of benzene rings is 1. The first kappa shape index (κ1) is 18.2. The van der Waals surface area contributed by atoms with E-state index in [4.69, 9.17) is 4.98 Å². The Bertz CT molecular complexity index is 964. The summed E-state index contributed by atoms with van der Waals surface area (Å²) in [5.74, 6) is 0.721. The first-order valence-corrected chi connectivity index (χ1v) is 11.2. The van der Waals surface area contributed by atoms with Crippen molar-refractivity contribution in [3.05, 3.63) is 35.9 Å². The minimum atomic E-state index is -3.20. The molecule has 4 rings (SSSR count). The fraction of sp³-hybridized carbons (Fsp3) is 0.474. The quantitative estimate of drug-likeness (QED) is 0.813. The predicted molar refractivity (Wildman–Crippen MR) is 105 cm³/mol. The number of para-hydroxylation sites is 1. The van der Waals surface area contributed by atoms with Gasteiger partial charge in [0, 0.05) is 30.6 Å². The van der Waals surface area contributed by atoms with Crippen molar-refractivity contribution < 1.29 is 13.2 Å². The fourth-order valence-corrected chi connectivity index (χ4v) is 4.37. The molecular formula is C19H24N4O3S. The maximum absolute atomic E-state index is 12.7. The highest BCUT2D eigenvalue weighted by Crippen LogP contribution is 2.27. The Morgan fingerprint density at radius 3 is 2.48 bits per heavy atom. The summed E-state index contributed by atoms with van der Waals surface area (Å²) in [6, 6.07) is 9.80. The third-order valence-corrected chi connectivity index (χ3v) is 5.82. The van der Waals surface area contributed by atoms with Gasteiger partial charge in [-0.15, -0.1) is 0 Å². The van der Waals surface area contributed by atoms with Gasteiger partial charge in [-0.2, -0.15) is 0 Å². The summed E-state index contributed by atoms with van der Waals surface area (Å²) in [6.45, 7) is 1.39. The number of carbonyl (C=O) groups excluding carboxylic acids is 1. The van der Waals surface area contributed by atoms with E-state index >= 15 is 0 Å². The lowest BCUT2D eigenvalue weighted by atomic mass is 10.0. The fourth-order valence-electron chi connectivity index (χ4n) is 3.53. The van der Waals surface area contributed by atoms with Crippen LogP contribution in [-0.4, -0.2) is 50.7 Å². The van der Waals surface area contributed by atoms with Gasteiger partial charge in [-0.25, -0.2) is 18.1 Å². The third-order valence-electron chi connectivity index (χ3n) is 5.06. The predicted octanol–water partition coefficient (Wildman–Crippen LogP) is 1.64. The lowest BCUT2D eigenvalue weighted by Crippen LogP contribution is -2.44. The summed E-state index contributed by atoms with van der Waals surface area (Å²) >= 11 is 0. The molecule has 2 aromatic rings. The molecule has 0 unspecified atom stereocenters. The lowest BCUT2D eigenvalue weighted by Gasteiger charge is -2.33. The average Bonchev–Trinajstić information content (AvgIpc) is 3.44. The Morgan fingerprint density at radius 2 is 1.81 bits per heavy atom. The Morgan fingerprint density at radius 1 is 1.11 bits per heavy atom. The molecule has 2 heterocycles. The smallest absolute Gasteiger partial charge is 0.252 e. The van der Waals surface area contributed by atoms with Crippen LogP contribution in [0.1, 0.15) is 36.0 Å². The molecule has 1 saturated carbocycles. The highest BCUT2D eigenvalue weighted by molar-refractivity contribution is 7.88. The Kier molecular flexibility index (Phi) is 4.77. The zero-order chi connectivity index (χ0) is 19.0. The molecule has 1 aliphatic carbocycles. The van der Waals surface area contributed by atoms with E-state index in [1.807, 2.05) is 30.3 Å². The van der Waals surface area contributed by atoms with Crippen molar-refractivity contribution >= 4 is 32.7 Å². The van der Waals surface area contributed by atoms with Gasteiger partial charge in [-0.3, -0.25) is 4.79 Å². The summed E-state index contributed by atoms with van der Waals surface area (Å²) < 4.78 is 25.5. The monoisotopic (exact) mass is 388 g/mol. The molecule has 0 atom stereocenters. The average molecular weight is 388 g/mol. The molecule has 1 aliphatic heterocycles. The van der Waals surface area contributed by atoms with Crippen molar-refractivity contribution in [2.75, 3.05) is 24.2 Å². The van der Waals surface area contributed by atoms with E-state index in [0.29, 0.717) is 37.5 Å². The molecule has 2 N–H and O–H groups in total. The summed E-state index contributed by atoms with van der Waals surface area (Å²) in [4.78, 5) is 19.6. The molecular weight excluding hydrogens is 364 g/mol. The summed E-state index contributed by atoms with van der Waals surface area (Å²) in [5.41, 5.74) is 1.45. The van der Waals surface area contributed by atoms with Gasteiger partial charge in [-0.1, -0.05) is 18.2 Å². The second kappa shape index (κ2) is 7.09. The number of carbonyl (C=O) groups is 1. The van der Waals surface area contributed by atoms with Crippen molar-refractivity contribution in [2.45, 2.75) is 37.8 Å². The van der Waals surface area contributed by atoms with Gasteiger partial charge in [0.1, 0.15) is 5.82 Å². The number of anilines is 1. The van der Waals surface area contributed by atoms with Crippen LogP contribution in [0.15, 0.2) is 30.3 Å². The SMILES string of the molecule is CS(=O)(=O)NC1CCN(c2cc(C(=O)NC3CC3)c3ccccc3n2)CC1. The largest absolute Gasteiger partial charge is 0.356 e. The van der Waals surface area contributed by atoms with Gasteiger partial charge in [0.15, 0.2) is 0 Å². The zero-order valence-corrected chi connectivity index (χ0v) is 16.1. The van der Waals surface area contributed by atoms with Gasteiger partial charge in [0.05, 0.1) is 17.3 Å². The number of piperidine rings is 1. The highest BCUT2D eigenvalue weighted by atomic mass is 32.2. The van der Waals surface area contributed by atoms with E-state index in [9.17, 15) is 13.2 Å². The Balaban J connectivity index is 1.58. The van der Waals surface area contributed by atoms with Crippen LogP contribution >= 0.6 is 0 Å². The van der Waals surface area contributed by atoms with Crippen LogP contribution in [-0.2, 0) is 10.0 Å². The third kappa shape index (κ3) is 4.39. The number of nitrogens with zero attached hydrogens (tertiary/aromatic N) is 2. The van der Waals surface area contributed by atoms with Gasteiger partial charge in [-0.05, 0) is 37.8 Å². The molecule has 7 nitrogen and oxygen atoms in total. The van der Waals surface area contributed by atoms with Crippen molar-refractivity contribution in [1.82, 2.24) is 15.0 Å². The van der Waals surface area contributed by atoms with Gasteiger partial charge >= 0.3 is 0 Å². The lowest BCUT2D eigenvalue weighted by molar-refractivity contribution is 0.0952. The summed E-state index contributed by atoms with van der Waals surface area (Å²) in [7, 11) is -3.20. The Hall–Kier alpha value is -2.19. The molecule has 144 valence electrons. The number of hydrogen-bond acceptors (Lipinski definition) is 5. The molecule has 0 radical (unpaired) electrons. The van der Waals surface area contributed by atoms with E-state index < -0.39 is 10.0 Å². The maximum Gasteiger partial charge on any atom is 0.252 e. The van der Waals surface area contributed by atoms with E-state index in [2.05, 4.69) is 14.9 Å². The van der Waals surface area contributed by atoms with Gasteiger partial charge in [0.25, 0.3) is 5.91 Å². The number of sulfonamides is 1. The van der Waals surface area contributed by atoms with Gasteiger partial charge < -0.3 is 10.2 Å². The zero-order valence-electron chi connectivity index (χ0n) is 15.3. The minimum Gasteiger partial charge on any atom is -0.356 e. The van der Waals surface area contributed by atoms with E-state index in [-0.39, 0.29) is 11.9 Å². The molecule has 1 aromatic heterocycles. The normalized spacial score (nSPS) is 18.6. The van der Waals surface area contributed by atoms with Crippen LogP contribution in [0.5, 0.6) is 0 Å². The summed E-state index contributed by atoms with van der Waals surface area (Å²) in [6.07, 6.45) is 4.70. The summed E-state index contributed by atoms with van der Waals surface area (Å²) in [5, 5.41) is 3.92. The number of aromatic nitrogens is 1. The molecule has 2 fully saturated rings. The van der Waals surface area contributed by atoms with Crippen LogP contribution < -0.4 is 14.9 Å². The molecule has 1 saturated heterocycles. The second-order valence-corrected chi connectivity index (χ2v) is 9.22. The number of hydrogen-bond donors (Lipinski definition) is 2. The number of amides is 1. The molecule has 2 aliphatic rings. The molecule has 0 spiro atoms. The van der Waals surface area contributed by atoms with Crippen LogP contribution in [0, 0.1) is 0 Å². The molecule has 27 heavy (non-hydrogen) atoms. The number of pyridine rings is 1. The minimum absolute atomic E-state index is 0.0469. The van der Waals surface area contributed by atoms with E-state index in [0.717, 1.165) is 29.6 Å². The van der Waals surface area contributed by atoms with Crippen LogP contribution in [0.2, 0.25) is 0 Å². The highest BCUT2D eigenvalue weighted by Gasteiger charge is 2.27. The van der Waals surface area contributed by atoms with Crippen LogP contribution in [0.3, 0.4) is 0 Å². The van der Waals surface area contributed by atoms with Gasteiger partial charge in [0.2, 0.25) is 10.0 Å². The number of rotatable bonds is 5.